The summed E-state index contributed by atoms with van der Waals surface area (Å²) in [6.45, 7) is 0. The van der Waals surface area contributed by atoms with Gasteiger partial charge in [-0.05, 0) is 36.4 Å². The van der Waals surface area contributed by atoms with E-state index in [-0.39, 0.29) is 0 Å². The molecule has 210 valence electrons. The Hall–Kier alpha value is -6.13. The Labute approximate surface area is 257 Å². The maximum absolute atomic E-state index is 6.83. The van der Waals surface area contributed by atoms with E-state index in [4.69, 9.17) is 13.8 Å². The van der Waals surface area contributed by atoms with Gasteiger partial charge in [-0.3, -0.25) is 4.57 Å². The van der Waals surface area contributed by atoms with Gasteiger partial charge in [-0.2, -0.15) is 0 Å². The van der Waals surface area contributed by atoms with Gasteiger partial charge in [0.05, 0.1) is 16.7 Å². The number of para-hydroxylation sites is 6. The number of furan rings is 2. The molecule has 0 aliphatic carbocycles. The molecule has 6 aromatic carbocycles. The fourth-order valence-corrected chi connectivity index (χ4v) is 7.06. The highest BCUT2D eigenvalue weighted by Gasteiger charge is 2.20. The summed E-state index contributed by atoms with van der Waals surface area (Å²) < 4.78 is 15.5. The van der Waals surface area contributed by atoms with Crippen LogP contribution in [0.3, 0.4) is 0 Å². The second-order valence-corrected chi connectivity index (χ2v) is 11.5. The van der Waals surface area contributed by atoms with Crippen LogP contribution in [-0.2, 0) is 0 Å². The number of rotatable bonds is 3. The Morgan fingerprint density at radius 1 is 0.378 bits per heavy atom. The first-order chi connectivity index (χ1) is 22.3. The van der Waals surface area contributed by atoms with Crippen LogP contribution in [-0.4, -0.2) is 9.55 Å². The first-order valence-electron chi connectivity index (χ1n) is 15.1. The summed E-state index contributed by atoms with van der Waals surface area (Å²) in [5.41, 5.74) is 9.52. The number of fused-ring (bicyclic) bond motifs is 9. The molecule has 4 aromatic heterocycles. The molecule has 0 fully saturated rings. The topological polar surface area (TPSA) is 44.1 Å². The average Bonchev–Trinajstić information content (AvgIpc) is 3.78. The molecule has 0 spiro atoms. The highest BCUT2D eigenvalue weighted by atomic mass is 16.3. The molecule has 0 atom stereocenters. The van der Waals surface area contributed by atoms with Crippen molar-refractivity contribution in [2.45, 2.75) is 0 Å². The van der Waals surface area contributed by atoms with Gasteiger partial charge in [-0.15, -0.1) is 0 Å². The van der Waals surface area contributed by atoms with E-state index < -0.39 is 0 Å². The first-order valence-corrected chi connectivity index (χ1v) is 15.1. The van der Waals surface area contributed by atoms with Gasteiger partial charge in [-0.25, -0.2) is 4.98 Å². The van der Waals surface area contributed by atoms with Crippen LogP contribution in [0.2, 0.25) is 0 Å². The third-order valence-electron chi connectivity index (χ3n) is 9.04. The van der Waals surface area contributed by atoms with Crippen LogP contribution in [0.15, 0.2) is 154 Å². The molecule has 4 heteroatoms. The second kappa shape index (κ2) is 9.18. The molecule has 45 heavy (non-hydrogen) atoms. The molecule has 0 saturated heterocycles. The first kappa shape index (κ1) is 24.3. The van der Waals surface area contributed by atoms with Crippen molar-refractivity contribution in [3.63, 3.8) is 0 Å². The van der Waals surface area contributed by atoms with Gasteiger partial charge in [-0.1, -0.05) is 109 Å². The van der Waals surface area contributed by atoms with E-state index in [0.29, 0.717) is 0 Å². The van der Waals surface area contributed by atoms with Gasteiger partial charge in [0.2, 0.25) is 0 Å². The van der Waals surface area contributed by atoms with Gasteiger partial charge in [0.1, 0.15) is 28.1 Å². The van der Waals surface area contributed by atoms with Crippen LogP contribution >= 0.6 is 0 Å². The number of hydrogen-bond acceptors (Lipinski definition) is 3. The van der Waals surface area contributed by atoms with Gasteiger partial charge < -0.3 is 8.83 Å². The van der Waals surface area contributed by atoms with Crippen molar-refractivity contribution in [1.82, 2.24) is 9.55 Å². The summed E-state index contributed by atoms with van der Waals surface area (Å²) >= 11 is 0. The molecule has 0 N–H and O–H groups in total. The van der Waals surface area contributed by atoms with Gasteiger partial charge in [0.25, 0.3) is 0 Å². The van der Waals surface area contributed by atoms with E-state index in [0.717, 1.165) is 83.1 Å². The molecule has 0 radical (unpaired) electrons. The van der Waals surface area contributed by atoms with E-state index in [1.165, 1.54) is 10.8 Å². The zero-order chi connectivity index (χ0) is 29.5. The fraction of sp³-hybridized carbons (Fsp3) is 0. The molecule has 0 aliphatic rings. The second-order valence-electron chi connectivity index (χ2n) is 11.5. The minimum Gasteiger partial charge on any atom is -0.455 e. The van der Waals surface area contributed by atoms with Gasteiger partial charge in [0, 0.05) is 49.0 Å². The molecule has 0 unspecified atom stereocenters. The lowest BCUT2D eigenvalue weighted by Gasteiger charge is -2.09. The highest BCUT2D eigenvalue weighted by Crippen LogP contribution is 2.43. The van der Waals surface area contributed by atoms with Crippen LogP contribution in [0.5, 0.6) is 0 Å². The minimum absolute atomic E-state index is 0.823. The lowest BCUT2D eigenvalue weighted by atomic mass is 9.99. The normalized spacial score (nSPS) is 12.0. The van der Waals surface area contributed by atoms with Crippen molar-refractivity contribution in [2.75, 3.05) is 0 Å². The highest BCUT2D eigenvalue weighted by molar-refractivity contribution is 6.16. The maximum atomic E-state index is 6.83. The maximum Gasteiger partial charge on any atom is 0.144 e. The van der Waals surface area contributed by atoms with E-state index in [9.17, 15) is 0 Å². The Morgan fingerprint density at radius 2 is 0.867 bits per heavy atom. The van der Waals surface area contributed by atoms with Crippen molar-refractivity contribution in [3.8, 4) is 28.2 Å². The lowest BCUT2D eigenvalue weighted by molar-refractivity contribution is 0.665. The number of nitrogens with zero attached hydrogens (tertiary/aromatic N) is 2. The third kappa shape index (κ3) is 3.45. The van der Waals surface area contributed by atoms with Crippen molar-refractivity contribution in [1.29, 1.82) is 0 Å². The van der Waals surface area contributed by atoms with Crippen molar-refractivity contribution in [3.05, 3.63) is 146 Å². The molecule has 4 nitrogen and oxygen atoms in total. The van der Waals surface area contributed by atoms with E-state index in [1.54, 1.807) is 0 Å². The summed E-state index contributed by atoms with van der Waals surface area (Å²) in [7, 11) is 0. The Bertz CT molecular complexity index is 2720. The van der Waals surface area contributed by atoms with E-state index >= 15 is 0 Å². The molecule has 0 bridgehead atoms. The van der Waals surface area contributed by atoms with Crippen molar-refractivity contribution in [2.24, 2.45) is 0 Å². The van der Waals surface area contributed by atoms with Crippen LogP contribution in [0.25, 0.3) is 93.9 Å². The molecular formula is C41H24N2O2. The Balaban J connectivity index is 1.19. The van der Waals surface area contributed by atoms with Crippen LogP contribution in [0.1, 0.15) is 0 Å². The SMILES string of the molecule is c1cc(-c2cccc3c2oc2c(-c4cccc5c4oc4ccccc45)cccc23)nc(-n2c3ccccc3c3ccccc32)c1. The van der Waals surface area contributed by atoms with Crippen LogP contribution in [0, 0.1) is 0 Å². The predicted octanol–water partition coefficient (Wildman–Crippen LogP) is 11.3. The molecule has 0 aliphatic heterocycles. The van der Waals surface area contributed by atoms with Crippen molar-refractivity contribution < 1.29 is 8.83 Å². The van der Waals surface area contributed by atoms with Crippen LogP contribution < -0.4 is 0 Å². The van der Waals surface area contributed by atoms with Gasteiger partial charge in [0.15, 0.2) is 0 Å². The van der Waals surface area contributed by atoms with Crippen LogP contribution in [0.4, 0.5) is 0 Å². The Kier molecular flexibility index (Phi) is 4.96. The standard InChI is InChI=1S/C41H24N2O2/c1-4-21-35-25(11-1)26-12-2-5-22-36(26)43(35)38-24-10-20-34(42-38)33-19-9-18-32-31-17-8-16-30(40(31)45-41(32)33)29-15-7-14-28-27-13-3-6-23-37(27)44-39(28)29/h1-24H. The average molecular weight is 577 g/mol. The van der Waals surface area contributed by atoms with Gasteiger partial charge >= 0.3 is 0 Å². The zero-order valence-electron chi connectivity index (χ0n) is 24.1. The molecule has 10 rings (SSSR count). The number of aromatic nitrogens is 2. The predicted molar refractivity (Wildman–Crippen MR) is 184 cm³/mol. The van der Waals surface area contributed by atoms with Crippen molar-refractivity contribution >= 4 is 65.7 Å². The lowest BCUT2D eigenvalue weighted by Crippen LogP contribution is -1.98. The molecule has 0 amide bonds. The summed E-state index contributed by atoms with van der Waals surface area (Å²) in [5.74, 6) is 0.871. The Morgan fingerprint density at radius 3 is 1.56 bits per heavy atom. The summed E-state index contributed by atoms with van der Waals surface area (Å²) in [6.07, 6.45) is 0. The third-order valence-corrected chi connectivity index (χ3v) is 9.04. The number of pyridine rings is 1. The minimum atomic E-state index is 0.823. The molecular weight excluding hydrogens is 552 g/mol. The van der Waals surface area contributed by atoms with E-state index in [1.807, 2.05) is 12.1 Å². The quantitative estimate of drug-likeness (QED) is 0.210. The van der Waals surface area contributed by atoms with E-state index in [2.05, 4.69) is 138 Å². The number of benzene rings is 6. The fourth-order valence-electron chi connectivity index (χ4n) is 7.06. The summed E-state index contributed by atoms with van der Waals surface area (Å²) in [5, 5.41) is 6.77. The summed E-state index contributed by atoms with van der Waals surface area (Å²) in [4.78, 5) is 5.24. The molecule has 0 saturated carbocycles. The largest absolute Gasteiger partial charge is 0.455 e. The monoisotopic (exact) mass is 576 g/mol. The smallest absolute Gasteiger partial charge is 0.144 e. The molecule has 4 heterocycles. The number of hydrogen-bond donors (Lipinski definition) is 0. The summed E-state index contributed by atoms with van der Waals surface area (Å²) in [6, 6.07) is 50.4. The zero-order valence-corrected chi connectivity index (χ0v) is 24.1. The molecule has 10 aromatic rings.